The summed E-state index contributed by atoms with van der Waals surface area (Å²) >= 11 is 0. The first-order chi connectivity index (χ1) is 17.9. The van der Waals surface area contributed by atoms with E-state index in [4.69, 9.17) is 19.4 Å². The lowest BCUT2D eigenvalue weighted by Crippen LogP contribution is -2.32. The molecular formula is C27H21FN6O3. The minimum atomic E-state index is -0.642. The first-order valence-electron chi connectivity index (χ1n) is 11.6. The zero-order valence-electron chi connectivity index (χ0n) is 20.2. The molecule has 0 saturated heterocycles. The van der Waals surface area contributed by atoms with Gasteiger partial charge >= 0.3 is 5.97 Å². The third-order valence-electron chi connectivity index (χ3n) is 6.63. The van der Waals surface area contributed by atoms with Gasteiger partial charge in [-0.2, -0.15) is 0 Å². The summed E-state index contributed by atoms with van der Waals surface area (Å²) < 4.78 is 25.8. The fraction of sp³-hybridized carbons (Fsp3) is 0.185. The number of carbonyl (C=O) groups is 1. The van der Waals surface area contributed by atoms with Gasteiger partial charge in [0.2, 0.25) is 5.88 Å². The van der Waals surface area contributed by atoms with Crippen LogP contribution in [0.5, 0.6) is 11.6 Å². The number of imidazole rings is 1. The van der Waals surface area contributed by atoms with E-state index in [2.05, 4.69) is 19.9 Å². The van der Waals surface area contributed by atoms with Gasteiger partial charge in [-0.1, -0.05) is 32.0 Å². The van der Waals surface area contributed by atoms with Crippen LogP contribution in [0.4, 0.5) is 4.39 Å². The molecule has 1 aliphatic heterocycles. The van der Waals surface area contributed by atoms with Gasteiger partial charge in [-0.3, -0.25) is 0 Å². The topological polar surface area (TPSA) is 116 Å². The third kappa shape index (κ3) is 3.68. The zero-order chi connectivity index (χ0) is 25.7. The number of benzene rings is 1. The number of aromatic nitrogens is 6. The van der Waals surface area contributed by atoms with Crippen molar-refractivity contribution in [3.8, 4) is 22.9 Å². The molecule has 0 radical (unpaired) electrons. The monoisotopic (exact) mass is 496 g/mol. The Morgan fingerprint density at radius 3 is 2.62 bits per heavy atom. The average molecular weight is 497 g/mol. The molecule has 184 valence electrons. The van der Waals surface area contributed by atoms with Crippen LogP contribution >= 0.6 is 0 Å². The van der Waals surface area contributed by atoms with E-state index in [0.717, 1.165) is 5.56 Å². The maximum Gasteiger partial charge on any atom is 0.356 e. The number of carbonyl (C=O) groups excluding carboxylic acids is 1. The van der Waals surface area contributed by atoms with Crippen LogP contribution in [0.25, 0.3) is 22.6 Å². The van der Waals surface area contributed by atoms with Crippen molar-refractivity contribution in [3.05, 3.63) is 89.5 Å². The van der Waals surface area contributed by atoms with Crippen LogP contribution < -0.4 is 4.74 Å². The van der Waals surface area contributed by atoms with E-state index in [1.807, 2.05) is 32.0 Å². The quantitative estimate of drug-likeness (QED) is 0.348. The largest absolute Gasteiger partial charge is 0.464 e. The molecule has 4 aromatic heterocycles. The highest BCUT2D eigenvalue weighted by Crippen LogP contribution is 2.52. The highest BCUT2D eigenvalue weighted by molar-refractivity contribution is 5.87. The van der Waals surface area contributed by atoms with Crippen LogP contribution in [-0.2, 0) is 10.2 Å². The molecule has 0 unspecified atom stereocenters. The Bertz CT molecular complexity index is 1630. The summed E-state index contributed by atoms with van der Waals surface area (Å²) in [5.74, 6) is -0.270. The summed E-state index contributed by atoms with van der Waals surface area (Å²) in [4.78, 5) is 37.2. The number of H-pyrrole nitrogens is 1. The second-order valence-electron chi connectivity index (χ2n) is 9.24. The number of hydrogen-bond donors (Lipinski definition) is 1. The molecule has 10 heteroatoms. The van der Waals surface area contributed by atoms with Crippen LogP contribution in [0.15, 0.2) is 61.1 Å². The molecule has 1 aliphatic rings. The summed E-state index contributed by atoms with van der Waals surface area (Å²) in [5, 5.41) is 0. The maximum atomic E-state index is 15.0. The van der Waals surface area contributed by atoms with E-state index < -0.39 is 17.2 Å². The molecule has 6 rings (SSSR count). The normalized spacial score (nSPS) is 14.5. The lowest BCUT2D eigenvalue weighted by atomic mass is 9.69. The van der Waals surface area contributed by atoms with E-state index in [0.29, 0.717) is 33.9 Å². The highest BCUT2D eigenvalue weighted by atomic mass is 19.1. The number of methoxy groups -OCH3 is 1. The fourth-order valence-electron chi connectivity index (χ4n) is 4.77. The van der Waals surface area contributed by atoms with Crippen LogP contribution in [0, 0.1) is 5.82 Å². The molecule has 1 aromatic carbocycles. The third-order valence-corrected chi connectivity index (χ3v) is 6.63. The van der Waals surface area contributed by atoms with E-state index in [-0.39, 0.29) is 23.2 Å². The van der Waals surface area contributed by atoms with Crippen molar-refractivity contribution >= 4 is 17.3 Å². The number of para-hydroxylation sites is 1. The molecule has 0 spiro atoms. The Kier molecular flexibility index (Phi) is 5.18. The minimum Gasteiger partial charge on any atom is -0.464 e. The van der Waals surface area contributed by atoms with Crippen molar-refractivity contribution in [2.75, 3.05) is 7.11 Å². The van der Waals surface area contributed by atoms with Crippen molar-refractivity contribution in [1.82, 2.24) is 29.9 Å². The van der Waals surface area contributed by atoms with Gasteiger partial charge in [0.15, 0.2) is 22.9 Å². The Morgan fingerprint density at radius 2 is 1.86 bits per heavy atom. The van der Waals surface area contributed by atoms with Gasteiger partial charge < -0.3 is 14.5 Å². The predicted molar refractivity (Wildman–Crippen MR) is 132 cm³/mol. The molecule has 0 saturated carbocycles. The van der Waals surface area contributed by atoms with Gasteiger partial charge in [-0.05, 0) is 24.3 Å². The van der Waals surface area contributed by atoms with Crippen LogP contribution in [0.2, 0.25) is 0 Å². The van der Waals surface area contributed by atoms with Crippen molar-refractivity contribution in [2.24, 2.45) is 0 Å². The number of esters is 1. The second-order valence-corrected chi connectivity index (χ2v) is 9.24. The van der Waals surface area contributed by atoms with Crippen molar-refractivity contribution < 1.29 is 18.7 Å². The van der Waals surface area contributed by atoms with Gasteiger partial charge in [-0.15, -0.1) is 0 Å². The van der Waals surface area contributed by atoms with Gasteiger partial charge in [0.05, 0.1) is 12.8 Å². The number of halogens is 1. The number of ether oxygens (including phenoxy) is 2. The van der Waals surface area contributed by atoms with Crippen LogP contribution in [0.3, 0.4) is 0 Å². The number of nitrogens with one attached hydrogen (secondary N) is 1. The van der Waals surface area contributed by atoms with E-state index in [1.165, 1.54) is 19.4 Å². The van der Waals surface area contributed by atoms with E-state index in [9.17, 15) is 4.79 Å². The van der Waals surface area contributed by atoms with E-state index in [1.54, 1.807) is 30.6 Å². The second kappa shape index (κ2) is 8.44. The number of pyridine rings is 2. The summed E-state index contributed by atoms with van der Waals surface area (Å²) in [6, 6.07) is 12.0. The average Bonchev–Trinajstić information content (AvgIpc) is 3.37. The predicted octanol–water partition coefficient (Wildman–Crippen LogP) is 4.95. The summed E-state index contributed by atoms with van der Waals surface area (Å²) in [5.41, 5.74) is 3.34. The molecule has 9 nitrogen and oxygen atoms in total. The molecule has 1 atom stereocenters. The Morgan fingerprint density at radius 1 is 1.03 bits per heavy atom. The SMILES string of the molecule is COC(=O)c1ccc(-c2ccc3c(n2)Oc2c(F)cccc2[C@@H]3C(C)(C)c2nc3nccnc3[nH]2)cn1. The van der Waals surface area contributed by atoms with E-state index >= 15 is 4.39 Å². The minimum absolute atomic E-state index is 0.129. The standard InChI is InChI=1S/C27H21FN6O3/c1-27(2,26-33-22-23(34-26)30-12-11-29-22)20-15-5-4-6-17(28)21(15)37-24-16(20)8-10-18(32-24)14-7-9-19(31-13-14)25(35)36-3/h4-13,20H,1-3H3,(H,29,30,33,34)/t20-/m0/s1. The molecule has 0 bridgehead atoms. The molecule has 0 amide bonds. The molecular weight excluding hydrogens is 475 g/mol. The Hall–Kier alpha value is -4.73. The molecule has 5 heterocycles. The number of rotatable bonds is 4. The van der Waals surface area contributed by atoms with Crippen molar-refractivity contribution in [2.45, 2.75) is 25.2 Å². The van der Waals surface area contributed by atoms with Gasteiger partial charge in [0.25, 0.3) is 0 Å². The van der Waals surface area contributed by atoms with Gasteiger partial charge in [0, 0.05) is 46.6 Å². The first-order valence-corrected chi connectivity index (χ1v) is 11.6. The molecule has 1 N–H and O–H groups in total. The summed E-state index contributed by atoms with van der Waals surface area (Å²) in [6.07, 6.45) is 4.73. The Labute approximate surface area is 210 Å². The number of hydrogen-bond acceptors (Lipinski definition) is 8. The molecule has 0 fully saturated rings. The molecule has 5 aromatic rings. The lowest BCUT2D eigenvalue weighted by molar-refractivity contribution is 0.0594. The molecule has 0 aliphatic carbocycles. The van der Waals surface area contributed by atoms with Crippen molar-refractivity contribution in [3.63, 3.8) is 0 Å². The van der Waals surface area contributed by atoms with Crippen LogP contribution in [-0.4, -0.2) is 43.0 Å². The summed E-state index contributed by atoms with van der Waals surface area (Å²) in [7, 11) is 1.30. The van der Waals surface area contributed by atoms with Crippen LogP contribution in [0.1, 0.15) is 47.2 Å². The lowest BCUT2D eigenvalue weighted by Gasteiger charge is -2.37. The van der Waals surface area contributed by atoms with Crippen molar-refractivity contribution in [1.29, 1.82) is 0 Å². The van der Waals surface area contributed by atoms with Gasteiger partial charge in [-0.25, -0.2) is 34.1 Å². The zero-order valence-corrected chi connectivity index (χ0v) is 20.2. The number of aromatic amines is 1. The summed E-state index contributed by atoms with van der Waals surface area (Å²) in [6.45, 7) is 4.06. The fourth-order valence-corrected chi connectivity index (χ4v) is 4.77. The number of nitrogens with zero attached hydrogens (tertiary/aromatic N) is 5. The maximum absolute atomic E-state index is 15.0. The molecule has 37 heavy (non-hydrogen) atoms. The smallest absolute Gasteiger partial charge is 0.356 e. The number of fused-ring (bicyclic) bond motifs is 3. The highest BCUT2D eigenvalue weighted by Gasteiger charge is 2.43. The van der Waals surface area contributed by atoms with Gasteiger partial charge in [0.1, 0.15) is 11.5 Å². The first kappa shape index (κ1) is 22.7. The Balaban J connectivity index is 1.47.